The third kappa shape index (κ3) is 2.39. The van der Waals surface area contributed by atoms with E-state index in [0.29, 0.717) is 22.7 Å². The molecule has 1 unspecified atom stereocenters. The van der Waals surface area contributed by atoms with Crippen molar-refractivity contribution in [2.45, 2.75) is 12.3 Å². The molecule has 0 radical (unpaired) electrons. The van der Waals surface area contributed by atoms with Gasteiger partial charge in [0.05, 0.1) is 31.6 Å². The van der Waals surface area contributed by atoms with Gasteiger partial charge in [-0.1, -0.05) is 6.07 Å². The minimum atomic E-state index is -0.435. The van der Waals surface area contributed by atoms with Crippen molar-refractivity contribution in [3.63, 3.8) is 0 Å². The molecule has 0 saturated heterocycles. The summed E-state index contributed by atoms with van der Waals surface area (Å²) in [6.07, 6.45) is 1.81. The predicted molar refractivity (Wildman–Crippen MR) is 90.7 cm³/mol. The van der Waals surface area contributed by atoms with Gasteiger partial charge in [-0.3, -0.25) is 9.89 Å². The average molecular weight is 341 g/mol. The van der Waals surface area contributed by atoms with Gasteiger partial charge in [-0.25, -0.2) is 4.39 Å². The number of fused-ring (bicyclic) bond motifs is 3. The number of halogens is 1. The summed E-state index contributed by atoms with van der Waals surface area (Å²) in [5, 5.41) is 10.6. The Labute approximate surface area is 142 Å². The molecule has 3 aromatic rings. The standard InChI is InChI=1S/C18H16FN3O3/c1-24-15-5-11(13(19)7-16(15)25-2)10-6-17(23)21-18-9(10)3-4-14-12(18)8-20-22-14/h3-5,7-8,10H,6H2,1-2H3,(H,20,22)(H,21,23). The molecule has 0 fully saturated rings. The molecule has 4 rings (SSSR count). The number of methoxy groups -OCH3 is 2. The maximum atomic E-state index is 14.7. The summed E-state index contributed by atoms with van der Waals surface area (Å²) < 4.78 is 25.2. The van der Waals surface area contributed by atoms with Gasteiger partial charge in [0.15, 0.2) is 11.5 Å². The molecule has 7 heteroatoms. The van der Waals surface area contributed by atoms with Crippen LogP contribution in [0.2, 0.25) is 0 Å². The summed E-state index contributed by atoms with van der Waals surface area (Å²) in [5.41, 5.74) is 2.73. The summed E-state index contributed by atoms with van der Waals surface area (Å²) in [4.78, 5) is 12.2. The summed E-state index contributed by atoms with van der Waals surface area (Å²) in [6, 6.07) is 6.65. The predicted octanol–water partition coefficient (Wildman–Crippen LogP) is 3.19. The topological polar surface area (TPSA) is 76.2 Å². The van der Waals surface area contributed by atoms with E-state index >= 15 is 0 Å². The maximum Gasteiger partial charge on any atom is 0.225 e. The maximum absolute atomic E-state index is 14.7. The Morgan fingerprint density at radius 3 is 2.68 bits per heavy atom. The van der Waals surface area contributed by atoms with Crippen LogP contribution in [0.1, 0.15) is 23.5 Å². The Morgan fingerprint density at radius 1 is 1.16 bits per heavy atom. The molecule has 2 N–H and O–H groups in total. The third-order valence-corrected chi connectivity index (χ3v) is 4.56. The zero-order chi connectivity index (χ0) is 17.6. The molecule has 25 heavy (non-hydrogen) atoms. The molecule has 2 aromatic carbocycles. The number of carbonyl (C=O) groups excluding carboxylic acids is 1. The highest BCUT2D eigenvalue weighted by molar-refractivity contribution is 6.05. The molecule has 0 aliphatic carbocycles. The number of hydrogen-bond acceptors (Lipinski definition) is 4. The Morgan fingerprint density at radius 2 is 1.92 bits per heavy atom. The molecule has 2 heterocycles. The number of H-pyrrole nitrogens is 1. The number of aromatic amines is 1. The summed E-state index contributed by atoms with van der Waals surface area (Å²) >= 11 is 0. The number of rotatable bonds is 3. The average Bonchev–Trinajstić information content (AvgIpc) is 3.10. The fraction of sp³-hybridized carbons (Fsp3) is 0.222. The van der Waals surface area contributed by atoms with E-state index in [1.165, 1.54) is 20.3 Å². The number of aromatic nitrogens is 2. The Balaban J connectivity index is 1.91. The van der Waals surface area contributed by atoms with Gasteiger partial charge in [0, 0.05) is 23.8 Å². The number of anilines is 1. The van der Waals surface area contributed by atoms with Crippen LogP contribution in [0, 0.1) is 5.82 Å². The third-order valence-electron chi connectivity index (χ3n) is 4.56. The minimum absolute atomic E-state index is 0.156. The normalized spacial score (nSPS) is 16.4. The van der Waals surface area contributed by atoms with Crippen molar-refractivity contribution < 1.29 is 18.7 Å². The molecule has 128 valence electrons. The van der Waals surface area contributed by atoms with Crippen LogP contribution in [0.5, 0.6) is 11.5 Å². The fourth-order valence-corrected chi connectivity index (χ4v) is 3.36. The smallest absolute Gasteiger partial charge is 0.225 e. The van der Waals surface area contributed by atoms with E-state index in [9.17, 15) is 9.18 Å². The zero-order valence-corrected chi connectivity index (χ0v) is 13.7. The highest BCUT2D eigenvalue weighted by atomic mass is 19.1. The molecule has 1 aliphatic heterocycles. The van der Waals surface area contributed by atoms with Crippen molar-refractivity contribution in [2.24, 2.45) is 0 Å². The van der Waals surface area contributed by atoms with E-state index in [0.717, 1.165) is 16.5 Å². The molecule has 0 bridgehead atoms. The SMILES string of the molecule is COc1cc(F)c(C2CC(=O)Nc3c2ccc2[nH]ncc32)cc1OC. The number of nitrogens with zero attached hydrogens (tertiary/aromatic N) is 1. The Kier molecular flexibility index (Phi) is 3.56. The van der Waals surface area contributed by atoms with Crippen LogP contribution < -0.4 is 14.8 Å². The number of carbonyl (C=O) groups is 1. The Bertz CT molecular complexity index is 983. The lowest BCUT2D eigenvalue weighted by atomic mass is 9.83. The minimum Gasteiger partial charge on any atom is -0.493 e. The highest BCUT2D eigenvalue weighted by Gasteiger charge is 2.31. The number of benzene rings is 2. The summed E-state index contributed by atoms with van der Waals surface area (Å²) in [6.45, 7) is 0. The number of nitrogens with one attached hydrogen (secondary N) is 2. The second-order valence-corrected chi connectivity index (χ2v) is 5.89. The van der Waals surface area contributed by atoms with Gasteiger partial charge in [-0.2, -0.15) is 5.10 Å². The van der Waals surface area contributed by atoms with Crippen LogP contribution in [0.15, 0.2) is 30.5 Å². The molecular weight excluding hydrogens is 325 g/mol. The van der Waals surface area contributed by atoms with E-state index in [1.807, 2.05) is 12.1 Å². The first kappa shape index (κ1) is 15.4. The second-order valence-electron chi connectivity index (χ2n) is 5.89. The van der Waals surface area contributed by atoms with Crippen molar-refractivity contribution in [1.82, 2.24) is 10.2 Å². The van der Waals surface area contributed by atoms with Crippen LogP contribution in [0.25, 0.3) is 10.9 Å². The monoisotopic (exact) mass is 341 g/mol. The first-order valence-electron chi connectivity index (χ1n) is 7.79. The molecular formula is C18H16FN3O3. The summed E-state index contributed by atoms with van der Waals surface area (Å²) in [7, 11) is 2.95. The summed E-state index contributed by atoms with van der Waals surface area (Å²) in [5.74, 6) is -0.274. The van der Waals surface area contributed by atoms with Crippen molar-refractivity contribution in [3.05, 3.63) is 47.4 Å². The van der Waals surface area contributed by atoms with Crippen LogP contribution >= 0.6 is 0 Å². The molecule has 1 aromatic heterocycles. The van der Waals surface area contributed by atoms with Gasteiger partial charge < -0.3 is 14.8 Å². The van der Waals surface area contributed by atoms with Crippen molar-refractivity contribution in [3.8, 4) is 11.5 Å². The van der Waals surface area contributed by atoms with E-state index in [2.05, 4.69) is 15.5 Å². The Hall–Kier alpha value is -3.09. The van der Waals surface area contributed by atoms with E-state index in [1.54, 1.807) is 12.3 Å². The van der Waals surface area contributed by atoms with Crippen molar-refractivity contribution >= 4 is 22.5 Å². The first-order chi connectivity index (χ1) is 12.1. The van der Waals surface area contributed by atoms with Crippen molar-refractivity contribution in [2.75, 3.05) is 19.5 Å². The molecule has 0 saturated carbocycles. The van der Waals surface area contributed by atoms with E-state index in [-0.39, 0.29) is 12.3 Å². The lowest BCUT2D eigenvalue weighted by Gasteiger charge is -2.27. The van der Waals surface area contributed by atoms with Crippen LogP contribution in [-0.4, -0.2) is 30.3 Å². The molecule has 1 amide bonds. The molecule has 1 atom stereocenters. The number of amides is 1. The zero-order valence-electron chi connectivity index (χ0n) is 13.7. The van der Waals surface area contributed by atoms with Gasteiger partial charge in [-0.05, 0) is 23.3 Å². The van der Waals surface area contributed by atoms with Gasteiger partial charge in [0.2, 0.25) is 5.91 Å². The molecule has 0 spiro atoms. The van der Waals surface area contributed by atoms with E-state index < -0.39 is 11.7 Å². The van der Waals surface area contributed by atoms with Crippen LogP contribution in [0.4, 0.5) is 10.1 Å². The van der Waals surface area contributed by atoms with Crippen LogP contribution in [0.3, 0.4) is 0 Å². The molecule has 1 aliphatic rings. The van der Waals surface area contributed by atoms with Gasteiger partial charge >= 0.3 is 0 Å². The largest absolute Gasteiger partial charge is 0.493 e. The lowest BCUT2D eigenvalue weighted by molar-refractivity contribution is -0.116. The van der Waals surface area contributed by atoms with Gasteiger partial charge in [0.25, 0.3) is 0 Å². The van der Waals surface area contributed by atoms with Gasteiger partial charge in [-0.15, -0.1) is 0 Å². The van der Waals surface area contributed by atoms with Crippen molar-refractivity contribution in [1.29, 1.82) is 0 Å². The van der Waals surface area contributed by atoms with Gasteiger partial charge in [0.1, 0.15) is 5.82 Å². The molecule has 6 nitrogen and oxygen atoms in total. The van der Waals surface area contributed by atoms with E-state index in [4.69, 9.17) is 9.47 Å². The number of ether oxygens (including phenoxy) is 2. The number of hydrogen-bond donors (Lipinski definition) is 2. The second kappa shape index (κ2) is 5.77. The lowest BCUT2D eigenvalue weighted by Crippen LogP contribution is -2.24. The fourth-order valence-electron chi connectivity index (χ4n) is 3.36. The first-order valence-corrected chi connectivity index (χ1v) is 7.79. The quantitative estimate of drug-likeness (QED) is 0.767. The highest BCUT2D eigenvalue weighted by Crippen LogP contribution is 2.43. The van der Waals surface area contributed by atoms with Crippen LogP contribution in [-0.2, 0) is 4.79 Å².